The summed E-state index contributed by atoms with van der Waals surface area (Å²) in [6.07, 6.45) is 2.14. The van der Waals surface area contributed by atoms with E-state index in [0.29, 0.717) is 19.8 Å². The van der Waals surface area contributed by atoms with Gasteiger partial charge in [0.15, 0.2) is 0 Å². The average molecular weight is 263 g/mol. The Morgan fingerprint density at radius 1 is 0.941 bits per heavy atom. The topological polar surface area (TPSA) is 39.7 Å². The number of rotatable bonds is 9. The van der Waals surface area contributed by atoms with Gasteiger partial charge >= 0.3 is 8.97 Å². The lowest BCUT2D eigenvalue weighted by Gasteiger charge is -2.34. The van der Waals surface area contributed by atoms with Crippen molar-refractivity contribution in [3.05, 3.63) is 0 Å². The zero-order valence-electron chi connectivity index (χ0n) is 12.3. The molecule has 0 rings (SSSR count). The summed E-state index contributed by atoms with van der Waals surface area (Å²) in [5.41, 5.74) is -0.0806. The van der Waals surface area contributed by atoms with Gasteiger partial charge in [-0.25, -0.2) is 0 Å². The fourth-order valence-corrected chi connectivity index (χ4v) is 3.98. The van der Waals surface area contributed by atoms with Gasteiger partial charge in [0.1, 0.15) is 0 Å². The Balaban J connectivity index is 4.59. The molecule has 4 nitrogen and oxygen atoms in total. The monoisotopic (exact) mass is 263 g/mol. The normalized spacial score (nSPS) is 13.1. The van der Waals surface area contributed by atoms with Crippen LogP contribution in [0.2, 0.25) is 0 Å². The van der Waals surface area contributed by atoms with E-state index in [0.717, 1.165) is 12.8 Å². The third-order valence-corrected chi connectivity index (χ3v) is 4.96. The Labute approximate surface area is 107 Å². The molecule has 0 aliphatic rings. The van der Waals surface area contributed by atoms with Crippen molar-refractivity contribution in [1.29, 1.82) is 0 Å². The van der Waals surface area contributed by atoms with E-state index in [1.54, 1.807) is 0 Å². The largest absolute Gasteiger partial charge is 0.597 e. The molecule has 0 saturated heterocycles. The molecule has 0 amide bonds. The van der Waals surface area contributed by atoms with E-state index in [9.17, 15) is 0 Å². The maximum absolute atomic E-state index is 5.91. The standard InChI is InChI=1S/C12H29NO3Si/c1-7-10-11-16-17(14-8-2,15-9-3)13-12(4,5)6/h13H,7-11H2,1-6H3. The molecule has 0 aromatic carbocycles. The number of hydrogen-bond donors (Lipinski definition) is 1. The van der Waals surface area contributed by atoms with Crippen LogP contribution in [0.3, 0.4) is 0 Å². The van der Waals surface area contributed by atoms with Gasteiger partial charge in [-0.15, -0.1) is 0 Å². The van der Waals surface area contributed by atoms with Crippen LogP contribution in [0.5, 0.6) is 0 Å². The van der Waals surface area contributed by atoms with Gasteiger partial charge in [-0.05, 0) is 41.0 Å². The molecule has 0 aliphatic heterocycles. The molecule has 17 heavy (non-hydrogen) atoms. The molecule has 0 spiro atoms. The summed E-state index contributed by atoms with van der Waals surface area (Å²) in [7, 11) is -2.72. The maximum Gasteiger partial charge on any atom is 0.597 e. The van der Waals surface area contributed by atoms with Gasteiger partial charge in [0, 0.05) is 25.4 Å². The van der Waals surface area contributed by atoms with Crippen LogP contribution in [-0.4, -0.2) is 34.3 Å². The van der Waals surface area contributed by atoms with Gasteiger partial charge in [0.2, 0.25) is 0 Å². The van der Waals surface area contributed by atoms with Crippen molar-refractivity contribution >= 4 is 8.97 Å². The van der Waals surface area contributed by atoms with Gasteiger partial charge in [-0.3, -0.25) is 4.98 Å². The molecular formula is C12H29NO3Si. The quantitative estimate of drug-likeness (QED) is 0.513. The van der Waals surface area contributed by atoms with Crippen molar-refractivity contribution in [2.45, 2.75) is 59.9 Å². The highest BCUT2D eigenvalue weighted by atomic mass is 28.4. The molecule has 0 atom stereocenters. The van der Waals surface area contributed by atoms with E-state index >= 15 is 0 Å². The van der Waals surface area contributed by atoms with Crippen molar-refractivity contribution in [2.75, 3.05) is 19.8 Å². The molecule has 1 N–H and O–H groups in total. The highest BCUT2D eigenvalue weighted by Gasteiger charge is 2.44. The van der Waals surface area contributed by atoms with Gasteiger partial charge in [0.05, 0.1) is 0 Å². The predicted octanol–water partition coefficient (Wildman–Crippen LogP) is 2.70. The Kier molecular flexibility index (Phi) is 8.24. The van der Waals surface area contributed by atoms with E-state index < -0.39 is 8.97 Å². The highest BCUT2D eigenvalue weighted by Crippen LogP contribution is 2.13. The van der Waals surface area contributed by atoms with Crippen LogP contribution >= 0.6 is 0 Å². The second-order valence-corrected chi connectivity index (χ2v) is 7.23. The Morgan fingerprint density at radius 3 is 1.82 bits per heavy atom. The minimum Gasteiger partial charge on any atom is -0.361 e. The lowest BCUT2D eigenvalue weighted by molar-refractivity contribution is 0.0473. The van der Waals surface area contributed by atoms with Gasteiger partial charge < -0.3 is 13.3 Å². The zero-order valence-corrected chi connectivity index (χ0v) is 13.3. The van der Waals surface area contributed by atoms with Crippen LogP contribution in [0.4, 0.5) is 0 Å². The van der Waals surface area contributed by atoms with Crippen molar-refractivity contribution in [3.63, 3.8) is 0 Å². The van der Waals surface area contributed by atoms with Crippen LogP contribution in [0.1, 0.15) is 54.4 Å². The third-order valence-electron chi connectivity index (χ3n) is 1.99. The van der Waals surface area contributed by atoms with Crippen molar-refractivity contribution in [1.82, 2.24) is 4.98 Å². The second-order valence-electron chi connectivity index (χ2n) is 5.00. The van der Waals surface area contributed by atoms with Crippen LogP contribution in [0.15, 0.2) is 0 Å². The smallest absolute Gasteiger partial charge is 0.361 e. The Bertz CT molecular complexity index is 189. The molecule has 0 heterocycles. The zero-order chi connectivity index (χ0) is 13.4. The Hall–Kier alpha value is 0.0569. The first-order valence-electron chi connectivity index (χ1n) is 6.60. The minimum absolute atomic E-state index is 0.0806. The van der Waals surface area contributed by atoms with Gasteiger partial charge in [-0.2, -0.15) is 0 Å². The number of nitrogens with one attached hydrogen (secondary N) is 1. The van der Waals surface area contributed by atoms with Crippen LogP contribution in [0.25, 0.3) is 0 Å². The van der Waals surface area contributed by atoms with Crippen molar-refractivity contribution in [2.24, 2.45) is 0 Å². The molecule has 0 radical (unpaired) electrons. The lowest BCUT2D eigenvalue weighted by atomic mass is 10.1. The Morgan fingerprint density at radius 2 is 1.47 bits per heavy atom. The maximum atomic E-state index is 5.91. The molecule has 0 saturated carbocycles. The number of unbranched alkanes of at least 4 members (excludes halogenated alkanes) is 1. The molecule has 0 unspecified atom stereocenters. The molecule has 0 aliphatic carbocycles. The number of hydrogen-bond acceptors (Lipinski definition) is 4. The van der Waals surface area contributed by atoms with E-state index in [4.69, 9.17) is 13.3 Å². The highest BCUT2D eigenvalue weighted by molar-refractivity contribution is 6.58. The third kappa shape index (κ3) is 7.89. The van der Waals surface area contributed by atoms with E-state index in [2.05, 4.69) is 32.7 Å². The molecule has 5 heteroatoms. The summed E-state index contributed by atoms with van der Waals surface area (Å²) in [4.78, 5) is 3.40. The van der Waals surface area contributed by atoms with Crippen molar-refractivity contribution < 1.29 is 13.3 Å². The molecule has 104 valence electrons. The summed E-state index contributed by atoms with van der Waals surface area (Å²) < 4.78 is 17.5. The lowest BCUT2D eigenvalue weighted by Crippen LogP contribution is -2.64. The van der Waals surface area contributed by atoms with E-state index in [-0.39, 0.29) is 5.54 Å². The predicted molar refractivity (Wildman–Crippen MR) is 72.8 cm³/mol. The van der Waals surface area contributed by atoms with Crippen molar-refractivity contribution in [3.8, 4) is 0 Å². The SMILES string of the molecule is CCCCO[Si](NC(C)(C)C)(OCC)OCC. The molecule has 0 aromatic heterocycles. The summed E-state index contributed by atoms with van der Waals surface area (Å²) in [5.74, 6) is 0. The molecule has 0 aromatic rings. The fraction of sp³-hybridized carbons (Fsp3) is 1.00. The molecule has 0 fully saturated rings. The molecular weight excluding hydrogens is 234 g/mol. The molecule has 0 bridgehead atoms. The second kappa shape index (κ2) is 8.21. The summed E-state index contributed by atoms with van der Waals surface area (Å²) in [5, 5.41) is 0. The first kappa shape index (κ1) is 17.1. The summed E-state index contributed by atoms with van der Waals surface area (Å²) in [6, 6.07) is 0. The van der Waals surface area contributed by atoms with Gasteiger partial charge in [0.25, 0.3) is 0 Å². The van der Waals surface area contributed by atoms with E-state index in [1.807, 2.05) is 13.8 Å². The summed E-state index contributed by atoms with van der Waals surface area (Å²) >= 11 is 0. The fourth-order valence-electron chi connectivity index (χ4n) is 1.42. The van der Waals surface area contributed by atoms with Gasteiger partial charge in [-0.1, -0.05) is 13.3 Å². The first-order valence-corrected chi connectivity index (χ1v) is 8.32. The first-order chi connectivity index (χ1) is 7.89. The van der Waals surface area contributed by atoms with E-state index in [1.165, 1.54) is 0 Å². The average Bonchev–Trinajstić information content (AvgIpc) is 2.16. The van der Waals surface area contributed by atoms with Crippen LogP contribution < -0.4 is 4.98 Å². The summed E-state index contributed by atoms with van der Waals surface area (Å²) in [6.45, 7) is 14.2. The van der Waals surface area contributed by atoms with Crippen LogP contribution in [-0.2, 0) is 13.3 Å². The van der Waals surface area contributed by atoms with Crippen LogP contribution in [0, 0.1) is 0 Å². The minimum atomic E-state index is -2.72.